The van der Waals surface area contributed by atoms with E-state index in [1.807, 2.05) is 6.07 Å². The topological polar surface area (TPSA) is 15.8 Å². The molecule has 0 atom stereocenters. The largest absolute Gasteiger partial charge is 0.416 e. The van der Waals surface area contributed by atoms with Crippen molar-refractivity contribution in [1.29, 1.82) is 0 Å². The molecule has 0 aliphatic heterocycles. The molecule has 0 unspecified atom stereocenters. The number of rotatable bonds is 1. The highest BCUT2D eigenvalue weighted by Gasteiger charge is 2.30. The Morgan fingerprint density at radius 2 is 1.78 bits per heavy atom. The fourth-order valence-corrected chi connectivity index (χ4v) is 2.78. The molecule has 4 heteroatoms. The number of halogens is 3. The van der Waals surface area contributed by atoms with Gasteiger partial charge < -0.3 is 4.98 Å². The Bertz CT molecular complexity index is 562. The second kappa shape index (κ2) is 4.04. The summed E-state index contributed by atoms with van der Waals surface area (Å²) in [7, 11) is 0. The number of hydrogen-bond acceptors (Lipinski definition) is 0. The van der Waals surface area contributed by atoms with Gasteiger partial charge in [-0.25, -0.2) is 0 Å². The van der Waals surface area contributed by atoms with Gasteiger partial charge in [-0.05, 0) is 42.3 Å². The Morgan fingerprint density at radius 3 is 2.44 bits per heavy atom. The van der Waals surface area contributed by atoms with E-state index in [2.05, 4.69) is 4.98 Å². The van der Waals surface area contributed by atoms with Crippen LogP contribution in [-0.4, -0.2) is 4.98 Å². The zero-order valence-electron chi connectivity index (χ0n) is 9.85. The molecule has 0 bridgehead atoms. The van der Waals surface area contributed by atoms with Crippen molar-refractivity contribution in [1.82, 2.24) is 4.98 Å². The fourth-order valence-electron chi connectivity index (χ4n) is 2.78. The van der Waals surface area contributed by atoms with E-state index in [0.29, 0.717) is 11.4 Å². The minimum absolute atomic E-state index is 0.492. The predicted molar refractivity (Wildman–Crippen MR) is 64.5 cm³/mol. The Hall–Kier alpha value is -1.45. The maximum atomic E-state index is 12.6. The summed E-state index contributed by atoms with van der Waals surface area (Å²) >= 11 is 0. The molecule has 0 spiro atoms. The fraction of sp³-hybridized carbons (Fsp3) is 0.429. The number of benzene rings is 1. The van der Waals surface area contributed by atoms with Crippen LogP contribution in [-0.2, 0) is 6.18 Å². The number of aromatic amines is 1. The summed E-state index contributed by atoms with van der Waals surface area (Å²) < 4.78 is 37.8. The van der Waals surface area contributed by atoms with Gasteiger partial charge in [0.2, 0.25) is 0 Å². The number of alkyl halides is 3. The molecular formula is C14H14F3N. The van der Waals surface area contributed by atoms with E-state index in [9.17, 15) is 13.2 Å². The van der Waals surface area contributed by atoms with Crippen LogP contribution >= 0.6 is 0 Å². The summed E-state index contributed by atoms with van der Waals surface area (Å²) in [6, 6.07) is 5.89. The third kappa shape index (κ3) is 2.00. The van der Waals surface area contributed by atoms with Crippen molar-refractivity contribution in [2.24, 2.45) is 0 Å². The van der Waals surface area contributed by atoms with Crippen LogP contribution in [0.2, 0.25) is 0 Å². The Morgan fingerprint density at radius 1 is 1.06 bits per heavy atom. The molecule has 1 aromatic carbocycles. The first-order valence-corrected chi connectivity index (χ1v) is 6.24. The predicted octanol–water partition coefficient (Wildman–Crippen LogP) is 4.84. The van der Waals surface area contributed by atoms with Crippen molar-refractivity contribution in [3.63, 3.8) is 0 Å². The van der Waals surface area contributed by atoms with Gasteiger partial charge in [0.05, 0.1) is 5.56 Å². The van der Waals surface area contributed by atoms with E-state index in [1.165, 1.54) is 18.9 Å². The molecule has 1 nitrogen and oxygen atoms in total. The van der Waals surface area contributed by atoms with E-state index in [1.54, 1.807) is 6.07 Å². The number of fused-ring (bicyclic) bond motifs is 1. The molecule has 0 amide bonds. The van der Waals surface area contributed by atoms with Gasteiger partial charge in [0.25, 0.3) is 0 Å². The molecule has 3 rings (SSSR count). The van der Waals surface area contributed by atoms with Crippen LogP contribution in [0.15, 0.2) is 24.3 Å². The average molecular weight is 253 g/mol. The zero-order chi connectivity index (χ0) is 12.8. The molecule has 1 fully saturated rings. The van der Waals surface area contributed by atoms with Gasteiger partial charge in [-0.15, -0.1) is 0 Å². The van der Waals surface area contributed by atoms with Crippen molar-refractivity contribution in [2.75, 3.05) is 0 Å². The lowest BCUT2D eigenvalue weighted by Gasteiger charge is -2.06. The highest BCUT2D eigenvalue weighted by atomic mass is 19.4. The molecule has 1 aliphatic carbocycles. The van der Waals surface area contributed by atoms with Gasteiger partial charge in [0.1, 0.15) is 0 Å². The van der Waals surface area contributed by atoms with E-state index in [4.69, 9.17) is 0 Å². The van der Waals surface area contributed by atoms with Crippen LogP contribution in [0.4, 0.5) is 13.2 Å². The van der Waals surface area contributed by atoms with E-state index in [0.717, 1.165) is 30.0 Å². The SMILES string of the molecule is FC(F)(F)c1ccc2cc(C3CCCC3)[nH]c2c1. The molecular weight excluding hydrogens is 239 g/mol. The van der Waals surface area contributed by atoms with Gasteiger partial charge >= 0.3 is 6.18 Å². The number of hydrogen-bond donors (Lipinski definition) is 1. The molecule has 96 valence electrons. The maximum absolute atomic E-state index is 12.6. The maximum Gasteiger partial charge on any atom is 0.416 e. The van der Waals surface area contributed by atoms with Crippen molar-refractivity contribution in [3.05, 3.63) is 35.5 Å². The molecule has 1 heterocycles. The van der Waals surface area contributed by atoms with Gasteiger partial charge in [0.15, 0.2) is 0 Å². The van der Waals surface area contributed by atoms with Gasteiger partial charge in [-0.2, -0.15) is 13.2 Å². The Labute approximate surface area is 103 Å². The molecule has 1 saturated carbocycles. The highest BCUT2D eigenvalue weighted by molar-refractivity contribution is 5.81. The Kier molecular flexibility index (Phi) is 2.61. The minimum Gasteiger partial charge on any atom is -0.358 e. The lowest BCUT2D eigenvalue weighted by molar-refractivity contribution is -0.137. The number of aromatic nitrogens is 1. The zero-order valence-corrected chi connectivity index (χ0v) is 9.85. The normalized spacial score (nSPS) is 17.7. The Balaban J connectivity index is 2.01. The lowest BCUT2D eigenvalue weighted by atomic mass is 10.0. The van der Waals surface area contributed by atoms with Crippen LogP contribution in [0.3, 0.4) is 0 Å². The third-order valence-electron chi connectivity index (χ3n) is 3.77. The highest BCUT2D eigenvalue weighted by Crippen LogP contribution is 2.36. The summed E-state index contributed by atoms with van der Waals surface area (Å²) in [5.74, 6) is 0.492. The van der Waals surface area contributed by atoms with Crippen molar-refractivity contribution in [3.8, 4) is 0 Å². The first-order chi connectivity index (χ1) is 8.54. The van der Waals surface area contributed by atoms with Crippen LogP contribution in [0.25, 0.3) is 10.9 Å². The molecule has 18 heavy (non-hydrogen) atoms. The second-order valence-corrected chi connectivity index (χ2v) is 5.01. The molecule has 0 saturated heterocycles. The first-order valence-electron chi connectivity index (χ1n) is 6.24. The van der Waals surface area contributed by atoms with Crippen LogP contribution in [0.5, 0.6) is 0 Å². The standard InChI is InChI=1S/C14H14F3N/c15-14(16,17)11-6-5-10-7-12(18-13(10)8-11)9-3-1-2-4-9/h5-9,18H,1-4H2. The molecule has 1 N–H and O–H groups in total. The molecule has 2 aromatic rings. The van der Waals surface area contributed by atoms with Crippen molar-refractivity contribution < 1.29 is 13.2 Å². The van der Waals surface area contributed by atoms with Crippen LogP contribution in [0.1, 0.15) is 42.9 Å². The molecule has 1 aromatic heterocycles. The van der Waals surface area contributed by atoms with E-state index in [-0.39, 0.29) is 0 Å². The van der Waals surface area contributed by atoms with Crippen LogP contribution < -0.4 is 0 Å². The summed E-state index contributed by atoms with van der Waals surface area (Å²) in [6.45, 7) is 0. The quantitative estimate of drug-likeness (QED) is 0.748. The monoisotopic (exact) mass is 253 g/mol. The first kappa shape index (κ1) is 11.6. The number of H-pyrrole nitrogens is 1. The molecule has 0 radical (unpaired) electrons. The van der Waals surface area contributed by atoms with E-state index < -0.39 is 11.7 Å². The average Bonchev–Trinajstić information content (AvgIpc) is 2.95. The van der Waals surface area contributed by atoms with Gasteiger partial charge in [0, 0.05) is 11.2 Å². The summed E-state index contributed by atoms with van der Waals surface area (Å²) in [5, 5.41) is 0.866. The molecule has 1 aliphatic rings. The second-order valence-electron chi connectivity index (χ2n) is 5.01. The summed E-state index contributed by atoms with van der Waals surface area (Å²) in [5.41, 5.74) is 1.09. The minimum atomic E-state index is -4.27. The van der Waals surface area contributed by atoms with Crippen LogP contribution in [0, 0.1) is 0 Å². The van der Waals surface area contributed by atoms with Gasteiger partial charge in [-0.1, -0.05) is 18.9 Å². The van der Waals surface area contributed by atoms with E-state index >= 15 is 0 Å². The third-order valence-corrected chi connectivity index (χ3v) is 3.77. The van der Waals surface area contributed by atoms with Gasteiger partial charge in [-0.3, -0.25) is 0 Å². The smallest absolute Gasteiger partial charge is 0.358 e. The van der Waals surface area contributed by atoms with Crippen molar-refractivity contribution in [2.45, 2.75) is 37.8 Å². The number of nitrogens with one attached hydrogen (secondary N) is 1. The summed E-state index contributed by atoms with van der Waals surface area (Å²) in [4.78, 5) is 3.15. The van der Waals surface area contributed by atoms with Crippen molar-refractivity contribution >= 4 is 10.9 Å². The lowest BCUT2D eigenvalue weighted by Crippen LogP contribution is -2.04. The summed E-state index contributed by atoms with van der Waals surface area (Å²) in [6.07, 6.45) is 0.437.